The van der Waals surface area contributed by atoms with Crippen molar-refractivity contribution in [1.82, 2.24) is 0 Å². The van der Waals surface area contributed by atoms with Crippen molar-refractivity contribution in [2.24, 2.45) is 0 Å². The number of fused-ring (bicyclic) bond motifs is 1. The van der Waals surface area contributed by atoms with Crippen LogP contribution in [0.5, 0.6) is 5.75 Å². The molecular formula is C18H15F3N2O2. The predicted octanol–water partition coefficient (Wildman–Crippen LogP) is 4.32. The Morgan fingerprint density at radius 3 is 2.64 bits per heavy atom. The highest BCUT2D eigenvalue weighted by Gasteiger charge is 2.21. The van der Waals surface area contributed by atoms with Crippen LogP contribution >= 0.6 is 0 Å². The minimum absolute atomic E-state index is 0.156. The van der Waals surface area contributed by atoms with Crippen molar-refractivity contribution in [2.75, 3.05) is 23.8 Å². The molecule has 1 aliphatic rings. The van der Waals surface area contributed by atoms with E-state index in [1.165, 1.54) is 24.3 Å². The first-order valence-corrected chi connectivity index (χ1v) is 7.59. The molecule has 1 amide bonds. The second kappa shape index (κ2) is 6.88. The SMILES string of the molecule is O=C(Nc1ccc2c(c1)OCCN2)c1ccc(/C=C/C(F)(F)F)cc1. The van der Waals surface area contributed by atoms with Gasteiger partial charge in [-0.2, -0.15) is 13.2 Å². The number of nitrogens with one attached hydrogen (secondary N) is 2. The number of halogens is 3. The van der Waals surface area contributed by atoms with E-state index in [4.69, 9.17) is 4.74 Å². The summed E-state index contributed by atoms with van der Waals surface area (Å²) in [5, 5.41) is 5.92. The largest absolute Gasteiger partial charge is 0.490 e. The van der Waals surface area contributed by atoms with E-state index >= 15 is 0 Å². The zero-order valence-electron chi connectivity index (χ0n) is 13.1. The summed E-state index contributed by atoms with van der Waals surface area (Å²) in [6.07, 6.45) is -3.25. The van der Waals surface area contributed by atoms with Crippen LogP contribution < -0.4 is 15.4 Å². The standard InChI is InChI=1S/C18H15F3N2O2/c19-18(20,21)8-7-12-1-3-13(4-2-12)17(24)23-14-5-6-15-16(11-14)25-10-9-22-15/h1-8,11,22H,9-10H2,(H,23,24)/b8-7+. The average molecular weight is 348 g/mol. The molecule has 2 N–H and O–H groups in total. The van der Waals surface area contributed by atoms with Crippen molar-refractivity contribution < 1.29 is 22.7 Å². The fraction of sp³-hybridized carbons (Fsp3) is 0.167. The molecular weight excluding hydrogens is 333 g/mol. The smallest absolute Gasteiger partial charge is 0.409 e. The molecule has 0 saturated heterocycles. The second-order valence-corrected chi connectivity index (χ2v) is 5.44. The number of amides is 1. The van der Waals surface area contributed by atoms with Gasteiger partial charge in [0.05, 0.1) is 5.69 Å². The third-order valence-electron chi connectivity index (χ3n) is 3.55. The normalized spacial score (nSPS) is 13.7. The first-order valence-electron chi connectivity index (χ1n) is 7.59. The van der Waals surface area contributed by atoms with Gasteiger partial charge in [-0.3, -0.25) is 4.79 Å². The summed E-state index contributed by atoms with van der Waals surface area (Å²) in [7, 11) is 0. The van der Waals surface area contributed by atoms with Crippen LogP contribution in [0.1, 0.15) is 15.9 Å². The van der Waals surface area contributed by atoms with E-state index in [9.17, 15) is 18.0 Å². The third kappa shape index (κ3) is 4.53. The lowest BCUT2D eigenvalue weighted by Gasteiger charge is -2.19. The Morgan fingerprint density at radius 2 is 1.92 bits per heavy atom. The highest BCUT2D eigenvalue weighted by Crippen LogP contribution is 2.30. The Bertz CT molecular complexity index is 799. The highest BCUT2D eigenvalue weighted by atomic mass is 19.4. The van der Waals surface area contributed by atoms with E-state index in [1.54, 1.807) is 12.1 Å². The topological polar surface area (TPSA) is 50.4 Å². The van der Waals surface area contributed by atoms with Gasteiger partial charge in [0.2, 0.25) is 0 Å². The van der Waals surface area contributed by atoms with Crippen molar-refractivity contribution >= 4 is 23.4 Å². The van der Waals surface area contributed by atoms with Crippen molar-refractivity contribution in [3.05, 3.63) is 59.7 Å². The Balaban J connectivity index is 1.68. The van der Waals surface area contributed by atoms with E-state index in [2.05, 4.69) is 10.6 Å². The number of rotatable bonds is 3. The molecule has 25 heavy (non-hydrogen) atoms. The van der Waals surface area contributed by atoms with E-state index in [0.717, 1.165) is 18.3 Å². The number of carbonyl (C=O) groups is 1. The van der Waals surface area contributed by atoms with Crippen molar-refractivity contribution in [2.45, 2.75) is 6.18 Å². The summed E-state index contributed by atoms with van der Waals surface area (Å²) in [6, 6.07) is 11.1. The molecule has 0 bridgehead atoms. The summed E-state index contributed by atoms with van der Waals surface area (Å²) in [6.45, 7) is 1.28. The molecule has 0 fully saturated rings. The number of carbonyl (C=O) groups excluding carboxylic acids is 1. The molecule has 0 aliphatic carbocycles. The molecule has 0 radical (unpaired) electrons. The summed E-state index contributed by atoms with van der Waals surface area (Å²) < 4.78 is 41.9. The molecule has 1 heterocycles. The van der Waals surface area contributed by atoms with Gasteiger partial charge in [-0.1, -0.05) is 18.2 Å². The Hall–Kier alpha value is -2.96. The molecule has 4 nitrogen and oxygen atoms in total. The average Bonchev–Trinajstić information content (AvgIpc) is 2.59. The minimum atomic E-state index is -4.36. The molecule has 2 aromatic rings. The molecule has 0 aromatic heterocycles. The van der Waals surface area contributed by atoms with Gasteiger partial charge < -0.3 is 15.4 Å². The molecule has 1 aliphatic heterocycles. The Morgan fingerprint density at radius 1 is 1.16 bits per heavy atom. The zero-order valence-corrected chi connectivity index (χ0v) is 13.1. The number of hydrogen-bond donors (Lipinski definition) is 2. The van der Waals surface area contributed by atoms with Gasteiger partial charge in [0.1, 0.15) is 12.4 Å². The maximum atomic E-state index is 12.2. The van der Waals surface area contributed by atoms with E-state index < -0.39 is 6.18 Å². The minimum Gasteiger partial charge on any atom is -0.490 e. The van der Waals surface area contributed by atoms with Gasteiger partial charge >= 0.3 is 6.18 Å². The van der Waals surface area contributed by atoms with Crippen LogP contribution in [0.2, 0.25) is 0 Å². The number of ether oxygens (including phenoxy) is 1. The van der Waals surface area contributed by atoms with E-state index in [-0.39, 0.29) is 12.0 Å². The number of hydrogen-bond acceptors (Lipinski definition) is 3. The number of benzene rings is 2. The summed E-state index contributed by atoms with van der Waals surface area (Å²) in [5.74, 6) is 0.312. The van der Waals surface area contributed by atoms with Crippen molar-refractivity contribution in [3.63, 3.8) is 0 Å². The van der Waals surface area contributed by atoms with Gasteiger partial charge in [0.15, 0.2) is 0 Å². The van der Waals surface area contributed by atoms with Crippen molar-refractivity contribution in [1.29, 1.82) is 0 Å². The Kier molecular flexibility index (Phi) is 4.65. The Labute approximate surface area is 142 Å². The van der Waals surface area contributed by atoms with Gasteiger partial charge in [-0.25, -0.2) is 0 Å². The maximum Gasteiger partial charge on any atom is 0.409 e. The van der Waals surface area contributed by atoms with Crippen LogP contribution in [0.4, 0.5) is 24.5 Å². The van der Waals surface area contributed by atoms with E-state index in [0.29, 0.717) is 29.2 Å². The first kappa shape index (κ1) is 16.9. The fourth-order valence-electron chi connectivity index (χ4n) is 2.35. The molecule has 3 rings (SSSR count). The quantitative estimate of drug-likeness (QED) is 0.869. The molecule has 2 aromatic carbocycles. The molecule has 7 heteroatoms. The zero-order chi connectivity index (χ0) is 17.9. The van der Waals surface area contributed by atoms with Crippen molar-refractivity contribution in [3.8, 4) is 5.75 Å². The van der Waals surface area contributed by atoms with Gasteiger partial charge in [-0.15, -0.1) is 0 Å². The number of alkyl halides is 3. The molecule has 0 unspecified atom stereocenters. The van der Waals surface area contributed by atoms with Crippen LogP contribution in [-0.2, 0) is 0 Å². The van der Waals surface area contributed by atoms with Crippen LogP contribution in [-0.4, -0.2) is 25.2 Å². The van der Waals surface area contributed by atoms with Crippen LogP contribution in [0.15, 0.2) is 48.5 Å². The predicted molar refractivity (Wildman–Crippen MR) is 89.9 cm³/mol. The lowest BCUT2D eigenvalue weighted by Crippen LogP contribution is -2.18. The molecule has 0 saturated carbocycles. The maximum absolute atomic E-state index is 12.2. The van der Waals surface area contributed by atoms with E-state index in [1.807, 2.05) is 6.07 Å². The highest BCUT2D eigenvalue weighted by molar-refractivity contribution is 6.04. The summed E-state index contributed by atoms with van der Waals surface area (Å²) in [5.41, 5.74) is 2.15. The van der Waals surface area contributed by atoms with Gasteiger partial charge in [0, 0.05) is 29.9 Å². The molecule has 130 valence electrons. The number of anilines is 2. The summed E-state index contributed by atoms with van der Waals surface area (Å²) >= 11 is 0. The molecule has 0 spiro atoms. The van der Waals surface area contributed by atoms with Gasteiger partial charge in [-0.05, 0) is 29.8 Å². The first-order chi connectivity index (χ1) is 11.9. The molecule has 0 atom stereocenters. The fourth-order valence-corrected chi connectivity index (χ4v) is 2.35. The lowest BCUT2D eigenvalue weighted by atomic mass is 10.1. The second-order valence-electron chi connectivity index (χ2n) is 5.44. The van der Waals surface area contributed by atoms with Crippen LogP contribution in [0.25, 0.3) is 6.08 Å². The van der Waals surface area contributed by atoms with Gasteiger partial charge in [0.25, 0.3) is 5.91 Å². The number of allylic oxidation sites excluding steroid dienone is 1. The lowest BCUT2D eigenvalue weighted by molar-refractivity contribution is -0.0790. The van der Waals surface area contributed by atoms with Crippen LogP contribution in [0.3, 0.4) is 0 Å². The van der Waals surface area contributed by atoms with Crippen LogP contribution in [0, 0.1) is 0 Å². The monoisotopic (exact) mass is 348 g/mol. The summed E-state index contributed by atoms with van der Waals surface area (Å²) in [4.78, 5) is 12.2. The third-order valence-corrected chi connectivity index (χ3v) is 3.55.